The summed E-state index contributed by atoms with van der Waals surface area (Å²) in [4.78, 5) is 26.5. The maximum Gasteiger partial charge on any atom is 0.235 e. The van der Waals surface area contributed by atoms with Crippen molar-refractivity contribution < 1.29 is 14.3 Å². The van der Waals surface area contributed by atoms with Crippen LogP contribution >= 0.6 is 0 Å². The molecule has 2 amide bonds. The molecule has 1 aliphatic heterocycles. The number of carbonyl (C=O) groups excluding carboxylic acids is 2. The highest BCUT2D eigenvalue weighted by Crippen LogP contribution is 2.46. The van der Waals surface area contributed by atoms with Crippen LogP contribution in [0.25, 0.3) is 0 Å². The van der Waals surface area contributed by atoms with Gasteiger partial charge in [0.15, 0.2) is 0 Å². The minimum atomic E-state index is -0.809. The summed E-state index contributed by atoms with van der Waals surface area (Å²) >= 11 is 0. The fraction of sp³-hybridized carbons (Fsp3) is 0.867. The lowest BCUT2D eigenvalue weighted by Crippen LogP contribution is -2.45. The van der Waals surface area contributed by atoms with Crippen LogP contribution in [0.15, 0.2) is 0 Å². The summed E-state index contributed by atoms with van der Waals surface area (Å²) in [5, 5.41) is 5.78. The molecule has 0 aromatic heterocycles. The van der Waals surface area contributed by atoms with E-state index in [-0.39, 0.29) is 17.9 Å². The van der Waals surface area contributed by atoms with E-state index >= 15 is 0 Å². The van der Waals surface area contributed by atoms with Gasteiger partial charge in [0, 0.05) is 19.7 Å². The van der Waals surface area contributed by atoms with Gasteiger partial charge in [0.05, 0.1) is 6.10 Å². The van der Waals surface area contributed by atoms with Crippen LogP contribution in [0, 0.1) is 5.41 Å². The maximum absolute atomic E-state index is 12.2. The standard InChI is InChI=1S/C15H27N3O3/c1-18(2)9-4-8-16-13(19)15(6-7-15)14(20)17-11-12-5-3-10-21-12/h12H,3-11H2,1-2H3,(H,16,19)(H,17,20). The summed E-state index contributed by atoms with van der Waals surface area (Å²) in [6.45, 7) is 2.85. The van der Waals surface area contributed by atoms with Crippen molar-refractivity contribution in [2.24, 2.45) is 5.41 Å². The van der Waals surface area contributed by atoms with Crippen molar-refractivity contribution in [2.75, 3.05) is 40.3 Å². The Morgan fingerprint density at radius 2 is 1.95 bits per heavy atom. The van der Waals surface area contributed by atoms with E-state index in [1.807, 2.05) is 14.1 Å². The molecule has 2 fully saturated rings. The zero-order valence-corrected chi connectivity index (χ0v) is 13.1. The number of hydrogen-bond donors (Lipinski definition) is 2. The van der Waals surface area contributed by atoms with E-state index < -0.39 is 5.41 Å². The molecule has 0 radical (unpaired) electrons. The van der Waals surface area contributed by atoms with Gasteiger partial charge in [-0.2, -0.15) is 0 Å². The molecule has 1 saturated carbocycles. The summed E-state index contributed by atoms with van der Waals surface area (Å²) in [6, 6.07) is 0. The van der Waals surface area contributed by atoms with Gasteiger partial charge in [-0.25, -0.2) is 0 Å². The first-order chi connectivity index (χ1) is 10.0. The Morgan fingerprint density at radius 3 is 2.52 bits per heavy atom. The largest absolute Gasteiger partial charge is 0.376 e. The number of nitrogens with one attached hydrogen (secondary N) is 2. The van der Waals surface area contributed by atoms with Crippen LogP contribution in [-0.4, -0.2) is 63.2 Å². The van der Waals surface area contributed by atoms with E-state index in [0.29, 0.717) is 25.9 Å². The Bertz CT molecular complexity index is 374. The molecule has 2 rings (SSSR count). The lowest BCUT2D eigenvalue weighted by atomic mass is 10.0. The molecule has 2 aliphatic rings. The first-order valence-electron chi connectivity index (χ1n) is 7.87. The molecule has 0 aromatic carbocycles. The second-order valence-electron chi connectivity index (χ2n) is 6.34. The first kappa shape index (κ1) is 16.2. The third-order valence-electron chi connectivity index (χ3n) is 4.20. The molecule has 1 atom stereocenters. The van der Waals surface area contributed by atoms with Crippen LogP contribution in [0.1, 0.15) is 32.1 Å². The molecule has 1 heterocycles. The highest BCUT2D eigenvalue weighted by atomic mass is 16.5. The number of amides is 2. The van der Waals surface area contributed by atoms with E-state index in [2.05, 4.69) is 15.5 Å². The Kier molecular flexibility index (Phi) is 5.58. The Hall–Kier alpha value is -1.14. The molecule has 1 saturated heterocycles. The number of hydrogen-bond acceptors (Lipinski definition) is 4. The summed E-state index contributed by atoms with van der Waals surface area (Å²) in [6.07, 6.45) is 4.37. The molecule has 120 valence electrons. The second-order valence-corrected chi connectivity index (χ2v) is 6.34. The number of nitrogens with zero attached hydrogens (tertiary/aromatic N) is 1. The lowest BCUT2D eigenvalue weighted by Gasteiger charge is -2.17. The van der Waals surface area contributed by atoms with Crippen LogP contribution in [-0.2, 0) is 14.3 Å². The first-order valence-corrected chi connectivity index (χ1v) is 7.87. The molecule has 1 aliphatic carbocycles. The molecule has 6 nitrogen and oxygen atoms in total. The molecule has 2 N–H and O–H groups in total. The third kappa shape index (κ3) is 4.41. The van der Waals surface area contributed by atoms with Gasteiger partial charge in [0.25, 0.3) is 0 Å². The van der Waals surface area contributed by atoms with Gasteiger partial charge in [0.2, 0.25) is 11.8 Å². The fourth-order valence-corrected chi connectivity index (χ4v) is 2.63. The molecular formula is C15H27N3O3. The monoisotopic (exact) mass is 297 g/mol. The lowest BCUT2D eigenvalue weighted by molar-refractivity contribution is -0.137. The summed E-state index contributed by atoms with van der Waals surface area (Å²) in [5.41, 5.74) is -0.809. The predicted molar refractivity (Wildman–Crippen MR) is 79.8 cm³/mol. The van der Waals surface area contributed by atoms with Gasteiger partial charge in [-0.05, 0) is 52.7 Å². The quantitative estimate of drug-likeness (QED) is 0.493. The Labute approximate surface area is 126 Å². The van der Waals surface area contributed by atoms with Crippen molar-refractivity contribution in [1.82, 2.24) is 15.5 Å². The van der Waals surface area contributed by atoms with Crippen LogP contribution in [0.5, 0.6) is 0 Å². The average Bonchev–Trinajstić information content (AvgIpc) is 3.10. The van der Waals surface area contributed by atoms with Gasteiger partial charge >= 0.3 is 0 Å². The van der Waals surface area contributed by atoms with Crippen LogP contribution in [0.4, 0.5) is 0 Å². The van der Waals surface area contributed by atoms with Gasteiger partial charge in [-0.1, -0.05) is 0 Å². The van der Waals surface area contributed by atoms with E-state index in [0.717, 1.165) is 32.4 Å². The van der Waals surface area contributed by atoms with Crippen molar-refractivity contribution in [1.29, 1.82) is 0 Å². The number of rotatable bonds is 8. The Balaban J connectivity index is 1.69. The van der Waals surface area contributed by atoms with Crippen molar-refractivity contribution >= 4 is 11.8 Å². The zero-order chi connectivity index (χ0) is 15.3. The second kappa shape index (κ2) is 7.22. The van der Waals surface area contributed by atoms with Gasteiger partial charge in [0.1, 0.15) is 5.41 Å². The summed E-state index contributed by atoms with van der Waals surface area (Å²) in [7, 11) is 4.01. The van der Waals surface area contributed by atoms with Crippen molar-refractivity contribution in [3.63, 3.8) is 0 Å². The van der Waals surface area contributed by atoms with Crippen LogP contribution in [0.2, 0.25) is 0 Å². The molecule has 0 spiro atoms. The summed E-state index contributed by atoms with van der Waals surface area (Å²) < 4.78 is 5.48. The van der Waals surface area contributed by atoms with Crippen molar-refractivity contribution in [2.45, 2.75) is 38.2 Å². The number of ether oxygens (including phenoxy) is 1. The highest BCUT2D eigenvalue weighted by Gasteiger charge is 2.56. The summed E-state index contributed by atoms with van der Waals surface area (Å²) in [5.74, 6) is -0.255. The van der Waals surface area contributed by atoms with Crippen molar-refractivity contribution in [3.8, 4) is 0 Å². The molecule has 21 heavy (non-hydrogen) atoms. The van der Waals surface area contributed by atoms with E-state index in [4.69, 9.17) is 4.74 Å². The molecular weight excluding hydrogens is 270 g/mol. The van der Waals surface area contributed by atoms with E-state index in [1.165, 1.54) is 0 Å². The fourth-order valence-electron chi connectivity index (χ4n) is 2.63. The van der Waals surface area contributed by atoms with Crippen LogP contribution in [0.3, 0.4) is 0 Å². The third-order valence-corrected chi connectivity index (χ3v) is 4.20. The highest BCUT2D eigenvalue weighted by molar-refractivity contribution is 6.07. The molecule has 0 aromatic rings. The Morgan fingerprint density at radius 1 is 1.24 bits per heavy atom. The van der Waals surface area contributed by atoms with Crippen molar-refractivity contribution in [3.05, 3.63) is 0 Å². The van der Waals surface area contributed by atoms with E-state index in [9.17, 15) is 9.59 Å². The van der Waals surface area contributed by atoms with Gasteiger partial charge in [-0.15, -0.1) is 0 Å². The molecule has 0 bridgehead atoms. The normalized spacial score (nSPS) is 23.1. The van der Waals surface area contributed by atoms with E-state index in [1.54, 1.807) is 0 Å². The average molecular weight is 297 g/mol. The number of carbonyl (C=O) groups is 2. The van der Waals surface area contributed by atoms with Gasteiger partial charge in [-0.3, -0.25) is 9.59 Å². The predicted octanol–water partition coefficient (Wildman–Crippen LogP) is 0.130. The minimum absolute atomic E-state index is 0.118. The smallest absolute Gasteiger partial charge is 0.235 e. The van der Waals surface area contributed by atoms with Gasteiger partial charge < -0.3 is 20.3 Å². The van der Waals surface area contributed by atoms with Crippen LogP contribution < -0.4 is 10.6 Å². The SMILES string of the molecule is CN(C)CCCNC(=O)C1(C(=O)NCC2CCCO2)CC1. The zero-order valence-electron chi connectivity index (χ0n) is 13.1. The molecule has 1 unspecified atom stereocenters. The maximum atomic E-state index is 12.2. The topological polar surface area (TPSA) is 70.7 Å². The molecule has 6 heteroatoms. The minimum Gasteiger partial charge on any atom is -0.376 e.